The molecule has 1 unspecified atom stereocenters. The van der Waals surface area contributed by atoms with Crippen molar-refractivity contribution in [2.45, 2.75) is 39.5 Å². The normalized spacial score (nSPS) is 12.7. The Bertz CT molecular complexity index is 517. The summed E-state index contributed by atoms with van der Waals surface area (Å²) in [6.07, 6.45) is 1.46. The molecule has 102 valence electrons. The zero-order chi connectivity index (χ0) is 13.8. The van der Waals surface area contributed by atoms with Crippen molar-refractivity contribution in [1.29, 1.82) is 0 Å². The lowest BCUT2D eigenvalue weighted by Crippen LogP contribution is -2.10. The highest BCUT2D eigenvalue weighted by Gasteiger charge is 2.09. The van der Waals surface area contributed by atoms with E-state index in [1.54, 1.807) is 4.68 Å². The van der Waals surface area contributed by atoms with Gasteiger partial charge in [0.25, 0.3) is 0 Å². The second-order valence-electron chi connectivity index (χ2n) is 4.93. The largest absolute Gasteiger partial charge is 0.491 e. The first-order valence-corrected chi connectivity index (χ1v) is 6.49. The van der Waals surface area contributed by atoms with E-state index in [4.69, 9.17) is 4.74 Å². The maximum absolute atomic E-state index is 10.2. The molecule has 1 aromatic heterocycles. The van der Waals surface area contributed by atoms with Crippen molar-refractivity contribution in [2.24, 2.45) is 0 Å². The van der Waals surface area contributed by atoms with Crippen LogP contribution in [0.4, 0.5) is 0 Å². The van der Waals surface area contributed by atoms with Gasteiger partial charge < -0.3 is 9.84 Å². The molecule has 19 heavy (non-hydrogen) atoms. The predicted molar refractivity (Wildman–Crippen MR) is 74.1 cm³/mol. The lowest BCUT2D eigenvalue weighted by molar-refractivity contribution is 0.151. The van der Waals surface area contributed by atoms with E-state index >= 15 is 0 Å². The number of hydrogen-bond donors (Lipinski definition) is 1. The molecule has 0 fully saturated rings. The Labute approximate surface area is 113 Å². The number of aryl methyl sites for hydroxylation is 1. The van der Waals surface area contributed by atoms with E-state index in [9.17, 15) is 5.11 Å². The summed E-state index contributed by atoms with van der Waals surface area (Å²) in [6, 6.07) is 9.46. The summed E-state index contributed by atoms with van der Waals surface area (Å²) in [4.78, 5) is 0. The number of nitrogens with zero attached hydrogens (tertiary/aromatic N) is 2. The molecule has 1 heterocycles. The molecular formula is C15H20N2O2. The predicted octanol–water partition coefficient (Wildman–Crippen LogP) is 2.71. The van der Waals surface area contributed by atoms with Crippen LogP contribution in [0.1, 0.15) is 31.2 Å². The summed E-state index contributed by atoms with van der Waals surface area (Å²) < 4.78 is 7.32. The van der Waals surface area contributed by atoms with E-state index in [1.165, 1.54) is 0 Å². The molecule has 0 amide bonds. The maximum atomic E-state index is 10.2. The monoisotopic (exact) mass is 260 g/mol. The number of aromatic nitrogens is 2. The van der Waals surface area contributed by atoms with Crippen LogP contribution in [0.15, 0.2) is 36.5 Å². The lowest BCUT2D eigenvalue weighted by Gasteiger charge is -2.13. The highest BCUT2D eigenvalue weighted by atomic mass is 16.5. The minimum absolute atomic E-state index is 0.155. The van der Waals surface area contributed by atoms with Crippen LogP contribution in [0.2, 0.25) is 0 Å². The molecule has 0 saturated carbocycles. The molecule has 0 aliphatic carbocycles. The molecule has 0 aliphatic heterocycles. The van der Waals surface area contributed by atoms with E-state index in [-0.39, 0.29) is 6.10 Å². The van der Waals surface area contributed by atoms with Crippen LogP contribution in [-0.4, -0.2) is 21.0 Å². The minimum atomic E-state index is -0.563. The van der Waals surface area contributed by atoms with Crippen LogP contribution >= 0.6 is 0 Å². The van der Waals surface area contributed by atoms with Crippen LogP contribution in [0.3, 0.4) is 0 Å². The fraction of sp³-hybridized carbons (Fsp3) is 0.400. The van der Waals surface area contributed by atoms with Gasteiger partial charge in [-0.2, -0.15) is 5.10 Å². The SMILES string of the molecule is Cc1ccn(CC(O)c2ccc(OC(C)C)cc2)n1. The third-order valence-corrected chi connectivity index (χ3v) is 2.77. The van der Waals surface area contributed by atoms with Gasteiger partial charge in [0.1, 0.15) is 5.75 Å². The molecule has 4 heteroatoms. The number of hydrogen-bond acceptors (Lipinski definition) is 3. The molecule has 1 aromatic carbocycles. The molecule has 0 spiro atoms. The van der Waals surface area contributed by atoms with Crippen molar-refractivity contribution in [3.8, 4) is 5.75 Å². The van der Waals surface area contributed by atoms with Gasteiger partial charge in [0.15, 0.2) is 0 Å². The first kappa shape index (κ1) is 13.6. The first-order chi connectivity index (χ1) is 9.04. The van der Waals surface area contributed by atoms with E-state index in [0.717, 1.165) is 17.0 Å². The molecule has 0 radical (unpaired) electrons. The molecular weight excluding hydrogens is 240 g/mol. The second-order valence-corrected chi connectivity index (χ2v) is 4.93. The van der Waals surface area contributed by atoms with Gasteiger partial charge in [0.05, 0.1) is 24.4 Å². The Morgan fingerprint density at radius 2 is 1.89 bits per heavy atom. The van der Waals surface area contributed by atoms with Gasteiger partial charge >= 0.3 is 0 Å². The van der Waals surface area contributed by atoms with E-state index < -0.39 is 6.10 Å². The molecule has 2 aromatic rings. The number of rotatable bonds is 5. The summed E-state index contributed by atoms with van der Waals surface area (Å²) >= 11 is 0. The van der Waals surface area contributed by atoms with Crippen LogP contribution in [-0.2, 0) is 6.54 Å². The molecule has 0 aliphatic rings. The number of aliphatic hydroxyl groups is 1. The first-order valence-electron chi connectivity index (χ1n) is 6.49. The third kappa shape index (κ3) is 3.83. The van der Waals surface area contributed by atoms with E-state index in [0.29, 0.717) is 6.54 Å². The van der Waals surface area contributed by atoms with Crippen LogP contribution in [0, 0.1) is 6.92 Å². The Hall–Kier alpha value is -1.81. The Kier molecular flexibility index (Phi) is 4.22. The highest BCUT2D eigenvalue weighted by Crippen LogP contribution is 2.19. The topological polar surface area (TPSA) is 47.3 Å². The molecule has 1 atom stereocenters. The van der Waals surface area contributed by atoms with Gasteiger partial charge in [-0.3, -0.25) is 4.68 Å². The summed E-state index contributed by atoms with van der Waals surface area (Å²) in [6.45, 7) is 6.37. The van der Waals surface area contributed by atoms with Crippen LogP contribution < -0.4 is 4.74 Å². The summed E-state index contributed by atoms with van der Waals surface area (Å²) in [5.41, 5.74) is 1.82. The highest BCUT2D eigenvalue weighted by molar-refractivity contribution is 5.28. The van der Waals surface area contributed by atoms with Crippen molar-refractivity contribution < 1.29 is 9.84 Å². The smallest absolute Gasteiger partial charge is 0.119 e. The molecule has 2 rings (SSSR count). The van der Waals surface area contributed by atoms with Gasteiger partial charge in [-0.1, -0.05) is 12.1 Å². The second kappa shape index (κ2) is 5.89. The fourth-order valence-electron chi connectivity index (χ4n) is 1.89. The van der Waals surface area contributed by atoms with E-state index in [1.807, 2.05) is 57.3 Å². The van der Waals surface area contributed by atoms with Crippen molar-refractivity contribution >= 4 is 0 Å². The van der Waals surface area contributed by atoms with Crippen molar-refractivity contribution in [1.82, 2.24) is 9.78 Å². The third-order valence-electron chi connectivity index (χ3n) is 2.77. The molecule has 4 nitrogen and oxygen atoms in total. The fourth-order valence-corrected chi connectivity index (χ4v) is 1.89. The van der Waals surface area contributed by atoms with Gasteiger partial charge in [-0.25, -0.2) is 0 Å². The summed E-state index contributed by atoms with van der Waals surface area (Å²) in [5, 5.41) is 14.4. The van der Waals surface area contributed by atoms with Gasteiger partial charge in [0, 0.05) is 6.20 Å². The quantitative estimate of drug-likeness (QED) is 0.899. The molecule has 0 bridgehead atoms. The van der Waals surface area contributed by atoms with Gasteiger partial charge in [-0.05, 0) is 44.5 Å². The summed E-state index contributed by atoms with van der Waals surface area (Å²) in [5.74, 6) is 0.820. The number of benzene rings is 1. The van der Waals surface area contributed by atoms with Crippen molar-refractivity contribution in [3.05, 3.63) is 47.8 Å². The summed E-state index contributed by atoms with van der Waals surface area (Å²) in [7, 11) is 0. The zero-order valence-electron chi connectivity index (χ0n) is 11.6. The van der Waals surface area contributed by atoms with Gasteiger partial charge in [0.2, 0.25) is 0 Å². The molecule has 0 saturated heterocycles. The average molecular weight is 260 g/mol. The van der Waals surface area contributed by atoms with Crippen molar-refractivity contribution in [3.63, 3.8) is 0 Å². The standard InChI is InChI=1S/C15H20N2O2/c1-11(2)19-14-6-4-13(5-7-14)15(18)10-17-9-8-12(3)16-17/h4-9,11,15,18H,10H2,1-3H3. The van der Waals surface area contributed by atoms with Crippen LogP contribution in [0.25, 0.3) is 0 Å². The maximum Gasteiger partial charge on any atom is 0.119 e. The number of ether oxygens (including phenoxy) is 1. The van der Waals surface area contributed by atoms with Crippen molar-refractivity contribution in [2.75, 3.05) is 0 Å². The lowest BCUT2D eigenvalue weighted by atomic mass is 10.1. The molecule has 1 N–H and O–H groups in total. The van der Waals surface area contributed by atoms with Crippen LogP contribution in [0.5, 0.6) is 5.75 Å². The minimum Gasteiger partial charge on any atom is -0.491 e. The Morgan fingerprint density at radius 1 is 1.21 bits per heavy atom. The van der Waals surface area contributed by atoms with E-state index in [2.05, 4.69) is 5.10 Å². The Balaban J connectivity index is 2.01. The zero-order valence-corrected chi connectivity index (χ0v) is 11.6. The van der Waals surface area contributed by atoms with Gasteiger partial charge in [-0.15, -0.1) is 0 Å². The average Bonchev–Trinajstić information content (AvgIpc) is 2.75. The number of aliphatic hydroxyl groups excluding tert-OH is 1. The Morgan fingerprint density at radius 3 is 2.42 bits per heavy atom.